The summed E-state index contributed by atoms with van der Waals surface area (Å²) in [6.07, 6.45) is 0. The van der Waals surface area contributed by atoms with Crippen LogP contribution in [0.15, 0.2) is 0 Å². The summed E-state index contributed by atoms with van der Waals surface area (Å²) in [5, 5.41) is 0. The highest BCUT2D eigenvalue weighted by atomic mass is 35.5. The quantitative estimate of drug-likeness (QED) is 0.581. The maximum absolute atomic E-state index is 11.3. The first-order valence-corrected chi connectivity index (χ1v) is 6.55. The molecule has 6 heteroatoms. The highest BCUT2D eigenvalue weighted by Gasteiger charge is 2.38. The number of hydrogen-bond donors (Lipinski definition) is 0. The Hall–Kier alpha value is -0.0300. The van der Waals surface area contributed by atoms with Gasteiger partial charge in [0.05, 0.1) is 45.3 Å². The van der Waals surface area contributed by atoms with E-state index in [1.807, 2.05) is 18.7 Å². The van der Waals surface area contributed by atoms with Gasteiger partial charge in [-0.05, 0) is 37.4 Å². The number of carbonyl (C=O) groups is 1. The third-order valence-corrected chi connectivity index (χ3v) is 4.41. The summed E-state index contributed by atoms with van der Waals surface area (Å²) in [7, 11) is 2.19. The van der Waals surface area contributed by atoms with Crippen LogP contribution < -0.4 is 0 Å². The third kappa shape index (κ3) is 3.98. The van der Waals surface area contributed by atoms with E-state index in [4.69, 9.17) is 23.6 Å². The lowest BCUT2D eigenvalue weighted by Crippen LogP contribution is -2.63. The van der Waals surface area contributed by atoms with Crippen LogP contribution >= 0.6 is 23.6 Å². The fourth-order valence-electron chi connectivity index (χ4n) is 2.41. The van der Waals surface area contributed by atoms with Crippen LogP contribution in [0.5, 0.6) is 0 Å². The molecule has 0 unspecified atom stereocenters. The van der Waals surface area contributed by atoms with Crippen molar-refractivity contribution in [1.82, 2.24) is 8.84 Å². The van der Waals surface area contributed by atoms with E-state index in [2.05, 4.69) is 7.05 Å². The molecular formula is C11H22Cl2N3O+. The second-order valence-corrected chi connectivity index (χ2v) is 6.63. The summed E-state index contributed by atoms with van der Waals surface area (Å²) in [5.74, 6) is 0.159. The molecule has 1 rings (SSSR count). The summed E-state index contributed by atoms with van der Waals surface area (Å²) in [5.41, 5.74) is -0.268. The number of rotatable bonds is 3. The molecule has 0 atom stereocenters. The van der Waals surface area contributed by atoms with Crippen LogP contribution in [0.4, 0.5) is 0 Å². The number of nitrogens with zero attached hydrogens (tertiary/aromatic N) is 3. The van der Waals surface area contributed by atoms with Gasteiger partial charge < -0.3 is 9.38 Å². The van der Waals surface area contributed by atoms with Gasteiger partial charge in [-0.25, -0.2) is 0 Å². The van der Waals surface area contributed by atoms with Gasteiger partial charge in [0, 0.05) is 6.92 Å². The Morgan fingerprint density at radius 3 is 2.18 bits per heavy atom. The van der Waals surface area contributed by atoms with Crippen LogP contribution in [-0.4, -0.2) is 64.5 Å². The van der Waals surface area contributed by atoms with Crippen molar-refractivity contribution in [1.29, 1.82) is 0 Å². The molecule has 1 fully saturated rings. The molecule has 0 N–H and O–H groups in total. The van der Waals surface area contributed by atoms with Gasteiger partial charge in [-0.15, -0.1) is 3.94 Å². The second kappa shape index (κ2) is 5.31. The Labute approximate surface area is 114 Å². The Morgan fingerprint density at radius 1 is 1.35 bits per heavy atom. The minimum atomic E-state index is -0.268. The predicted molar refractivity (Wildman–Crippen MR) is 70.7 cm³/mol. The molecule has 0 aromatic carbocycles. The Morgan fingerprint density at radius 2 is 1.82 bits per heavy atom. The van der Waals surface area contributed by atoms with E-state index < -0.39 is 0 Å². The fourth-order valence-corrected chi connectivity index (χ4v) is 2.52. The fraction of sp³-hybridized carbons (Fsp3) is 0.909. The zero-order valence-corrected chi connectivity index (χ0v) is 12.6. The molecule has 0 bridgehead atoms. The average Bonchev–Trinajstić information content (AvgIpc) is 2.16. The number of piperazine rings is 1. The predicted octanol–water partition coefficient (Wildman–Crippen LogP) is 1.68. The summed E-state index contributed by atoms with van der Waals surface area (Å²) in [6, 6.07) is 0. The summed E-state index contributed by atoms with van der Waals surface area (Å²) in [4.78, 5) is 13.2. The monoisotopic (exact) mass is 282 g/mol. The standard InChI is InChI=1S/C11H22Cl2N3O/c1-10(17)14-5-7-16(4,8-6-14)9-11(2,3)15(12)13/h5-9H2,1-4H3/q+1. The molecule has 0 saturated carbocycles. The van der Waals surface area contributed by atoms with Gasteiger partial charge >= 0.3 is 0 Å². The minimum Gasteiger partial charge on any atom is -0.332 e. The van der Waals surface area contributed by atoms with E-state index in [1.165, 1.54) is 3.94 Å². The molecule has 17 heavy (non-hydrogen) atoms. The number of carbonyl (C=O) groups excluding carboxylic acids is 1. The van der Waals surface area contributed by atoms with Gasteiger partial charge in [0.25, 0.3) is 0 Å². The van der Waals surface area contributed by atoms with Gasteiger partial charge in [-0.3, -0.25) is 4.79 Å². The van der Waals surface area contributed by atoms with Crippen LogP contribution in [0.1, 0.15) is 20.8 Å². The van der Waals surface area contributed by atoms with Crippen LogP contribution in [0.25, 0.3) is 0 Å². The molecule has 1 saturated heterocycles. The Bertz CT molecular complexity index is 286. The van der Waals surface area contributed by atoms with Crippen molar-refractivity contribution in [3.05, 3.63) is 0 Å². The van der Waals surface area contributed by atoms with E-state index in [0.29, 0.717) is 0 Å². The minimum absolute atomic E-state index is 0.159. The molecule has 0 spiro atoms. The van der Waals surface area contributed by atoms with Crippen molar-refractivity contribution < 1.29 is 9.28 Å². The smallest absolute Gasteiger partial charge is 0.219 e. The van der Waals surface area contributed by atoms with E-state index in [0.717, 1.165) is 37.2 Å². The Balaban J connectivity index is 2.58. The van der Waals surface area contributed by atoms with Crippen LogP contribution in [0.2, 0.25) is 0 Å². The third-order valence-electron chi connectivity index (χ3n) is 3.49. The van der Waals surface area contributed by atoms with Gasteiger partial charge in [0.15, 0.2) is 0 Å². The normalized spacial score (nSPS) is 20.8. The van der Waals surface area contributed by atoms with Crippen molar-refractivity contribution in [2.45, 2.75) is 26.3 Å². The zero-order chi connectivity index (χ0) is 13.3. The van der Waals surface area contributed by atoms with Gasteiger partial charge in [-0.1, -0.05) is 0 Å². The van der Waals surface area contributed by atoms with E-state index >= 15 is 0 Å². The first kappa shape index (κ1) is 15.0. The average molecular weight is 283 g/mol. The van der Waals surface area contributed by atoms with Gasteiger partial charge in [0.1, 0.15) is 0 Å². The summed E-state index contributed by atoms with van der Waals surface area (Å²) in [6.45, 7) is 10.1. The van der Waals surface area contributed by atoms with Crippen molar-refractivity contribution in [2.75, 3.05) is 39.8 Å². The van der Waals surface area contributed by atoms with Crippen LogP contribution in [0.3, 0.4) is 0 Å². The molecule has 0 aliphatic carbocycles. The number of amides is 1. The van der Waals surface area contributed by atoms with Crippen molar-refractivity contribution in [3.8, 4) is 0 Å². The molecule has 0 radical (unpaired) electrons. The van der Waals surface area contributed by atoms with E-state index in [9.17, 15) is 4.79 Å². The van der Waals surface area contributed by atoms with E-state index in [-0.39, 0.29) is 11.4 Å². The molecule has 1 aliphatic rings. The summed E-state index contributed by atoms with van der Waals surface area (Å²) >= 11 is 11.7. The molecule has 1 heterocycles. The molecule has 4 nitrogen and oxygen atoms in total. The largest absolute Gasteiger partial charge is 0.332 e. The zero-order valence-electron chi connectivity index (χ0n) is 11.0. The second-order valence-electron chi connectivity index (χ2n) is 5.78. The first-order valence-electron chi connectivity index (χ1n) is 5.87. The molecule has 0 aromatic rings. The molecule has 100 valence electrons. The lowest BCUT2D eigenvalue weighted by Gasteiger charge is -2.45. The van der Waals surface area contributed by atoms with Crippen molar-refractivity contribution in [3.63, 3.8) is 0 Å². The lowest BCUT2D eigenvalue weighted by molar-refractivity contribution is -0.916. The number of hydrogen-bond acceptors (Lipinski definition) is 2. The number of halogens is 2. The highest BCUT2D eigenvalue weighted by molar-refractivity contribution is 6.34. The topological polar surface area (TPSA) is 23.6 Å². The summed E-state index contributed by atoms with van der Waals surface area (Å²) < 4.78 is 2.13. The van der Waals surface area contributed by atoms with Crippen molar-refractivity contribution >= 4 is 29.5 Å². The lowest BCUT2D eigenvalue weighted by atomic mass is 10.0. The highest BCUT2D eigenvalue weighted by Crippen LogP contribution is 2.24. The molecule has 0 aromatic heterocycles. The van der Waals surface area contributed by atoms with Crippen molar-refractivity contribution in [2.24, 2.45) is 0 Å². The number of quaternary nitrogens is 1. The Kier molecular flexibility index (Phi) is 4.69. The van der Waals surface area contributed by atoms with Gasteiger partial charge in [-0.2, -0.15) is 0 Å². The number of likely N-dealkylation sites (N-methyl/N-ethyl adjacent to an activating group) is 1. The van der Waals surface area contributed by atoms with E-state index in [1.54, 1.807) is 6.92 Å². The van der Waals surface area contributed by atoms with Gasteiger partial charge in [0.2, 0.25) is 5.91 Å². The van der Waals surface area contributed by atoms with Crippen LogP contribution in [0, 0.1) is 0 Å². The molecule has 1 aliphatic heterocycles. The SMILES string of the molecule is CC(=O)N1CC[N+](C)(CC(C)(C)N(Cl)Cl)CC1. The molecular weight excluding hydrogens is 261 g/mol. The molecule has 1 amide bonds. The first-order chi connectivity index (χ1) is 7.66. The maximum atomic E-state index is 11.3. The van der Waals surface area contributed by atoms with Crippen LogP contribution in [-0.2, 0) is 4.79 Å². The maximum Gasteiger partial charge on any atom is 0.219 e.